The van der Waals surface area contributed by atoms with E-state index in [1.165, 1.54) is 12.8 Å². The molecule has 1 aliphatic carbocycles. The maximum atomic E-state index is 12.1. The summed E-state index contributed by atoms with van der Waals surface area (Å²) in [6, 6.07) is 6.58. The third-order valence-electron chi connectivity index (χ3n) is 5.79. The van der Waals surface area contributed by atoms with Gasteiger partial charge in [-0.1, -0.05) is 25.0 Å². The number of aryl methyl sites for hydroxylation is 1. The number of benzene rings is 1. The van der Waals surface area contributed by atoms with Crippen molar-refractivity contribution in [3.05, 3.63) is 29.3 Å². The Kier molecular flexibility index (Phi) is 12.2. The molecular weight excluding hydrogens is 519 g/mol. The van der Waals surface area contributed by atoms with E-state index in [1.807, 2.05) is 6.92 Å². The Morgan fingerprint density at radius 3 is 2.72 bits per heavy atom. The van der Waals surface area contributed by atoms with Gasteiger partial charge < -0.3 is 25.4 Å². The van der Waals surface area contributed by atoms with Crippen molar-refractivity contribution < 1.29 is 14.3 Å². The lowest BCUT2D eigenvalue weighted by atomic mass is 10.1. The first-order valence-corrected chi connectivity index (χ1v) is 11.8. The molecule has 8 heteroatoms. The number of nitrogens with one attached hydrogen (secondary N) is 3. The Bertz CT molecular complexity index is 732. The Labute approximate surface area is 209 Å². The quantitative estimate of drug-likeness (QED) is 0.232. The highest BCUT2D eigenvalue weighted by molar-refractivity contribution is 14.0. The van der Waals surface area contributed by atoms with Crippen LogP contribution in [0.2, 0.25) is 0 Å². The zero-order valence-electron chi connectivity index (χ0n) is 19.5. The van der Waals surface area contributed by atoms with Gasteiger partial charge >= 0.3 is 0 Å². The van der Waals surface area contributed by atoms with Gasteiger partial charge in [0.1, 0.15) is 12.4 Å². The number of nitrogens with zero attached hydrogens (tertiary/aromatic N) is 1. The highest BCUT2D eigenvalue weighted by Crippen LogP contribution is 2.23. The van der Waals surface area contributed by atoms with Gasteiger partial charge in [0.05, 0.1) is 12.6 Å². The number of halogens is 1. The van der Waals surface area contributed by atoms with Gasteiger partial charge in [-0.15, -0.1) is 24.0 Å². The Balaban J connectivity index is 0.00000363. The third-order valence-corrected chi connectivity index (χ3v) is 5.79. The second kappa shape index (κ2) is 14.6. The predicted octanol–water partition coefficient (Wildman–Crippen LogP) is 3.67. The summed E-state index contributed by atoms with van der Waals surface area (Å²) >= 11 is 0. The monoisotopic (exact) mass is 558 g/mol. The molecule has 1 saturated heterocycles. The molecule has 2 fully saturated rings. The molecule has 1 saturated carbocycles. The lowest BCUT2D eigenvalue weighted by Crippen LogP contribution is -2.40. The molecule has 32 heavy (non-hydrogen) atoms. The average Bonchev–Trinajstić information content (AvgIpc) is 3.45. The molecule has 3 N–H and O–H groups in total. The van der Waals surface area contributed by atoms with Crippen molar-refractivity contribution in [2.75, 3.05) is 26.3 Å². The van der Waals surface area contributed by atoms with E-state index in [2.05, 4.69) is 41.1 Å². The molecule has 1 aromatic carbocycles. The summed E-state index contributed by atoms with van der Waals surface area (Å²) < 4.78 is 11.8. The Hall–Kier alpha value is -1.55. The summed E-state index contributed by atoms with van der Waals surface area (Å²) in [5.74, 6) is 1.69. The summed E-state index contributed by atoms with van der Waals surface area (Å²) in [6.07, 6.45) is 7.45. The van der Waals surface area contributed by atoms with E-state index in [1.54, 1.807) is 0 Å². The van der Waals surface area contributed by atoms with Crippen LogP contribution in [0.15, 0.2) is 23.2 Å². The molecule has 180 valence electrons. The summed E-state index contributed by atoms with van der Waals surface area (Å²) in [4.78, 5) is 16.8. The third kappa shape index (κ3) is 9.13. The van der Waals surface area contributed by atoms with Gasteiger partial charge in [0.25, 0.3) is 0 Å². The lowest BCUT2D eigenvalue weighted by molar-refractivity contribution is -0.121. The highest BCUT2D eigenvalue weighted by Gasteiger charge is 2.18. The molecule has 1 aromatic rings. The van der Waals surface area contributed by atoms with Crippen LogP contribution in [0.5, 0.6) is 5.75 Å². The first-order valence-electron chi connectivity index (χ1n) is 11.8. The first-order chi connectivity index (χ1) is 15.1. The molecule has 3 rings (SSSR count). The predicted molar refractivity (Wildman–Crippen MR) is 139 cm³/mol. The molecule has 1 atom stereocenters. The topological polar surface area (TPSA) is 84.0 Å². The molecule has 1 aliphatic heterocycles. The maximum Gasteiger partial charge on any atom is 0.221 e. The average molecular weight is 559 g/mol. The normalized spacial score (nSPS) is 18.8. The van der Waals surface area contributed by atoms with Crippen LogP contribution >= 0.6 is 24.0 Å². The van der Waals surface area contributed by atoms with Crippen molar-refractivity contribution in [3.8, 4) is 5.75 Å². The van der Waals surface area contributed by atoms with Crippen molar-refractivity contribution in [3.63, 3.8) is 0 Å². The van der Waals surface area contributed by atoms with E-state index in [9.17, 15) is 4.79 Å². The number of amides is 1. The van der Waals surface area contributed by atoms with Crippen LogP contribution in [-0.4, -0.2) is 50.3 Å². The summed E-state index contributed by atoms with van der Waals surface area (Å²) in [6.45, 7) is 7.33. The standard InChI is InChI=1S/C24H38N4O3.HI/c1-3-25-24(26-13-12-23(29)28-20-7-4-5-8-20)27-16-19-11-10-18(2)15-22(19)31-17-21-9-6-14-30-21;/h10-11,15,20-21H,3-9,12-14,16-17H2,1-2H3,(H,28,29)(H2,25,26,27);1H. The van der Waals surface area contributed by atoms with E-state index >= 15 is 0 Å². The van der Waals surface area contributed by atoms with Crippen molar-refractivity contribution >= 4 is 35.8 Å². The number of carbonyl (C=O) groups excluding carboxylic acids is 1. The summed E-state index contributed by atoms with van der Waals surface area (Å²) in [5, 5.41) is 9.65. The van der Waals surface area contributed by atoms with Gasteiger partial charge in [-0.2, -0.15) is 0 Å². The Morgan fingerprint density at radius 1 is 1.19 bits per heavy atom. The molecule has 1 unspecified atom stereocenters. The van der Waals surface area contributed by atoms with Crippen LogP contribution in [0.1, 0.15) is 63.0 Å². The summed E-state index contributed by atoms with van der Waals surface area (Å²) in [7, 11) is 0. The Morgan fingerprint density at radius 2 is 2.00 bits per heavy atom. The number of aliphatic imine (C=N–C) groups is 1. The fourth-order valence-electron chi connectivity index (χ4n) is 4.06. The first kappa shape index (κ1) is 26.7. The number of hydrogen-bond acceptors (Lipinski definition) is 4. The van der Waals surface area contributed by atoms with E-state index in [0.717, 1.165) is 55.7 Å². The van der Waals surface area contributed by atoms with Gasteiger partial charge in [0, 0.05) is 37.7 Å². The maximum absolute atomic E-state index is 12.1. The van der Waals surface area contributed by atoms with E-state index in [-0.39, 0.29) is 36.0 Å². The fraction of sp³-hybridized carbons (Fsp3) is 0.667. The number of ether oxygens (including phenoxy) is 2. The smallest absolute Gasteiger partial charge is 0.221 e. The van der Waals surface area contributed by atoms with Crippen molar-refractivity contribution in [2.24, 2.45) is 4.99 Å². The number of carbonyl (C=O) groups is 1. The molecular formula is C24H39IN4O3. The van der Waals surface area contributed by atoms with E-state index < -0.39 is 0 Å². The molecule has 0 spiro atoms. The van der Waals surface area contributed by atoms with Crippen molar-refractivity contribution in [1.29, 1.82) is 0 Å². The van der Waals surface area contributed by atoms with Crippen LogP contribution in [-0.2, 0) is 16.1 Å². The molecule has 0 aromatic heterocycles. The van der Waals surface area contributed by atoms with Crippen LogP contribution in [0.3, 0.4) is 0 Å². The van der Waals surface area contributed by atoms with Gasteiger partial charge in [0.15, 0.2) is 5.96 Å². The lowest BCUT2D eigenvalue weighted by Gasteiger charge is -2.16. The minimum atomic E-state index is 0. The molecule has 0 radical (unpaired) electrons. The van der Waals surface area contributed by atoms with Crippen LogP contribution in [0.25, 0.3) is 0 Å². The molecule has 7 nitrogen and oxygen atoms in total. The highest BCUT2D eigenvalue weighted by atomic mass is 127. The molecule has 2 aliphatic rings. The van der Waals surface area contributed by atoms with Gasteiger partial charge in [-0.3, -0.25) is 4.79 Å². The molecule has 0 bridgehead atoms. The largest absolute Gasteiger partial charge is 0.491 e. The zero-order valence-corrected chi connectivity index (χ0v) is 21.8. The zero-order chi connectivity index (χ0) is 21.9. The summed E-state index contributed by atoms with van der Waals surface area (Å²) in [5.41, 5.74) is 2.20. The second-order valence-corrected chi connectivity index (χ2v) is 8.48. The number of rotatable bonds is 10. The SMILES string of the molecule is CCNC(=NCc1ccc(C)cc1OCC1CCCO1)NCCC(=O)NC1CCCC1.I. The minimum absolute atomic E-state index is 0. The molecule has 1 amide bonds. The van der Waals surface area contributed by atoms with Crippen LogP contribution in [0.4, 0.5) is 0 Å². The van der Waals surface area contributed by atoms with E-state index in [4.69, 9.17) is 14.5 Å². The van der Waals surface area contributed by atoms with Gasteiger partial charge in [0.2, 0.25) is 5.91 Å². The van der Waals surface area contributed by atoms with Crippen molar-refractivity contribution in [2.45, 2.75) is 77.5 Å². The second-order valence-electron chi connectivity index (χ2n) is 8.48. The number of hydrogen-bond donors (Lipinski definition) is 3. The van der Waals surface area contributed by atoms with Crippen LogP contribution < -0.4 is 20.7 Å². The van der Waals surface area contributed by atoms with Crippen LogP contribution in [0, 0.1) is 6.92 Å². The van der Waals surface area contributed by atoms with Gasteiger partial charge in [-0.25, -0.2) is 4.99 Å². The van der Waals surface area contributed by atoms with Gasteiger partial charge in [-0.05, 0) is 51.2 Å². The number of guanidine groups is 1. The molecule has 1 heterocycles. The van der Waals surface area contributed by atoms with E-state index in [0.29, 0.717) is 38.1 Å². The minimum Gasteiger partial charge on any atom is -0.491 e. The van der Waals surface area contributed by atoms with Crippen molar-refractivity contribution in [1.82, 2.24) is 16.0 Å². The fourth-order valence-corrected chi connectivity index (χ4v) is 4.06.